The lowest BCUT2D eigenvalue weighted by Crippen LogP contribution is -2.35. The molecule has 0 saturated heterocycles. The highest BCUT2D eigenvalue weighted by molar-refractivity contribution is 5.35. The Hall–Kier alpha value is -2.46. The van der Waals surface area contributed by atoms with Crippen LogP contribution < -0.4 is 11.1 Å². The molecule has 2 rings (SSSR count). The van der Waals surface area contributed by atoms with E-state index in [2.05, 4.69) is 20.1 Å². The molecule has 2 aromatic heterocycles. The molecule has 108 valence electrons. The van der Waals surface area contributed by atoms with Gasteiger partial charge in [-0.05, 0) is 6.07 Å². The van der Waals surface area contributed by atoms with Gasteiger partial charge in [0.2, 0.25) is 11.9 Å². The number of nitrogens with two attached hydrogens (primary N) is 1. The molecule has 2 aromatic rings. The zero-order valence-corrected chi connectivity index (χ0v) is 9.84. The standard InChI is InChI=1S/C9H9F4N7/c10-5(11)9(12,13)4-15-7-17-6(14)18-8(19-7)20-3-1-2-16-20/h1-3,5H,4H2,(H3,14,15,17,18,19). The van der Waals surface area contributed by atoms with Crippen LogP contribution in [0, 0.1) is 0 Å². The van der Waals surface area contributed by atoms with E-state index in [-0.39, 0.29) is 17.8 Å². The minimum Gasteiger partial charge on any atom is -0.368 e. The minimum atomic E-state index is -4.20. The van der Waals surface area contributed by atoms with E-state index in [9.17, 15) is 17.6 Å². The summed E-state index contributed by atoms with van der Waals surface area (Å²) in [5.41, 5.74) is 5.39. The van der Waals surface area contributed by atoms with Gasteiger partial charge in [-0.25, -0.2) is 13.5 Å². The van der Waals surface area contributed by atoms with Gasteiger partial charge < -0.3 is 11.1 Å². The molecule has 0 aliphatic heterocycles. The maximum atomic E-state index is 12.8. The molecule has 2 heterocycles. The number of rotatable bonds is 5. The number of nitrogens with one attached hydrogen (secondary N) is 1. The van der Waals surface area contributed by atoms with Gasteiger partial charge in [-0.1, -0.05) is 0 Å². The van der Waals surface area contributed by atoms with Gasteiger partial charge in [-0.3, -0.25) is 0 Å². The summed E-state index contributed by atoms with van der Waals surface area (Å²) >= 11 is 0. The van der Waals surface area contributed by atoms with Crippen LogP contribution in [0.5, 0.6) is 0 Å². The summed E-state index contributed by atoms with van der Waals surface area (Å²) in [4.78, 5) is 11.0. The molecule has 0 aliphatic rings. The molecule has 0 radical (unpaired) electrons. The predicted octanol–water partition coefficient (Wildman–Crippen LogP) is 0.952. The van der Waals surface area contributed by atoms with E-state index >= 15 is 0 Å². The summed E-state index contributed by atoms with van der Waals surface area (Å²) in [6, 6.07) is 1.58. The summed E-state index contributed by atoms with van der Waals surface area (Å²) in [6.07, 6.45) is -0.857. The van der Waals surface area contributed by atoms with Gasteiger partial charge in [0.05, 0.1) is 6.54 Å². The number of nitrogen functional groups attached to an aromatic ring is 1. The van der Waals surface area contributed by atoms with Gasteiger partial charge >= 0.3 is 12.3 Å². The van der Waals surface area contributed by atoms with Crippen molar-refractivity contribution in [2.45, 2.75) is 12.3 Å². The van der Waals surface area contributed by atoms with Crippen LogP contribution in [-0.2, 0) is 0 Å². The van der Waals surface area contributed by atoms with Crippen molar-refractivity contribution in [3.05, 3.63) is 18.5 Å². The lowest BCUT2D eigenvalue weighted by molar-refractivity contribution is -0.117. The fourth-order valence-corrected chi connectivity index (χ4v) is 1.22. The van der Waals surface area contributed by atoms with Gasteiger partial charge in [0.25, 0.3) is 5.95 Å². The van der Waals surface area contributed by atoms with Crippen LogP contribution in [0.1, 0.15) is 0 Å². The van der Waals surface area contributed by atoms with Crippen LogP contribution in [0.25, 0.3) is 5.95 Å². The number of nitrogens with zero attached hydrogens (tertiary/aromatic N) is 5. The molecule has 0 bridgehead atoms. The van der Waals surface area contributed by atoms with Crippen molar-refractivity contribution < 1.29 is 17.6 Å². The van der Waals surface area contributed by atoms with E-state index in [1.807, 2.05) is 5.32 Å². The second-order valence-electron chi connectivity index (χ2n) is 3.68. The maximum Gasteiger partial charge on any atom is 0.324 e. The highest BCUT2D eigenvalue weighted by Gasteiger charge is 2.40. The van der Waals surface area contributed by atoms with Crippen molar-refractivity contribution in [1.29, 1.82) is 0 Å². The molecule has 0 amide bonds. The molecular formula is C9H9F4N7. The Bertz CT molecular complexity index is 572. The Morgan fingerprint density at radius 3 is 2.65 bits per heavy atom. The third-order valence-corrected chi connectivity index (χ3v) is 2.15. The van der Waals surface area contributed by atoms with Crippen LogP contribution in [0.4, 0.5) is 29.5 Å². The van der Waals surface area contributed by atoms with Crippen LogP contribution >= 0.6 is 0 Å². The smallest absolute Gasteiger partial charge is 0.324 e. The van der Waals surface area contributed by atoms with Crippen molar-refractivity contribution >= 4 is 11.9 Å². The average molecular weight is 291 g/mol. The maximum absolute atomic E-state index is 12.8. The lowest BCUT2D eigenvalue weighted by Gasteiger charge is -2.15. The first-order valence-electron chi connectivity index (χ1n) is 5.30. The van der Waals surface area contributed by atoms with E-state index in [1.54, 1.807) is 6.07 Å². The van der Waals surface area contributed by atoms with Crippen molar-refractivity contribution in [3.8, 4) is 5.95 Å². The van der Waals surface area contributed by atoms with Gasteiger partial charge in [0.15, 0.2) is 0 Å². The molecule has 0 saturated carbocycles. The van der Waals surface area contributed by atoms with E-state index in [0.717, 1.165) is 0 Å². The second-order valence-corrected chi connectivity index (χ2v) is 3.68. The lowest BCUT2D eigenvalue weighted by atomic mass is 10.3. The monoisotopic (exact) mass is 291 g/mol. The summed E-state index contributed by atoms with van der Waals surface area (Å²) in [7, 11) is 0. The van der Waals surface area contributed by atoms with Gasteiger partial charge in [0, 0.05) is 12.4 Å². The Labute approximate surface area is 109 Å². The number of hydrogen-bond donors (Lipinski definition) is 2. The third-order valence-electron chi connectivity index (χ3n) is 2.15. The second kappa shape index (κ2) is 5.27. The Morgan fingerprint density at radius 2 is 2.05 bits per heavy atom. The fraction of sp³-hybridized carbons (Fsp3) is 0.333. The van der Waals surface area contributed by atoms with Crippen molar-refractivity contribution in [2.24, 2.45) is 0 Å². The van der Waals surface area contributed by atoms with E-state index < -0.39 is 18.9 Å². The molecular weight excluding hydrogens is 282 g/mol. The van der Waals surface area contributed by atoms with Crippen LogP contribution in [0.3, 0.4) is 0 Å². The Morgan fingerprint density at radius 1 is 1.30 bits per heavy atom. The van der Waals surface area contributed by atoms with E-state index in [0.29, 0.717) is 0 Å². The van der Waals surface area contributed by atoms with Crippen LogP contribution in [-0.4, -0.2) is 43.6 Å². The highest BCUT2D eigenvalue weighted by Crippen LogP contribution is 2.22. The first-order chi connectivity index (χ1) is 9.38. The number of aromatic nitrogens is 5. The van der Waals surface area contributed by atoms with Crippen LogP contribution in [0.2, 0.25) is 0 Å². The molecule has 20 heavy (non-hydrogen) atoms. The van der Waals surface area contributed by atoms with E-state index in [1.165, 1.54) is 17.1 Å². The molecule has 0 spiro atoms. The molecule has 3 N–H and O–H groups in total. The SMILES string of the molecule is Nc1nc(NCC(F)(F)C(F)F)nc(-n2cccn2)n1. The molecule has 11 heteroatoms. The van der Waals surface area contributed by atoms with Gasteiger partial charge in [0.1, 0.15) is 0 Å². The molecule has 0 aliphatic carbocycles. The summed E-state index contributed by atoms with van der Waals surface area (Å²) in [6.45, 7) is -1.33. The molecule has 0 fully saturated rings. The summed E-state index contributed by atoms with van der Waals surface area (Å²) in [5.74, 6) is -4.82. The number of alkyl halides is 4. The molecule has 0 unspecified atom stereocenters. The number of halogens is 4. The van der Waals surface area contributed by atoms with E-state index in [4.69, 9.17) is 5.73 Å². The van der Waals surface area contributed by atoms with Gasteiger partial charge in [-0.15, -0.1) is 0 Å². The van der Waals surface area contributed by atoms with Crippen molar-refractivity contribution in [1.82, 2.24) is 24.7 Å². The Kier molecular flexibility index (Phi) is 3.68. The largest absolute Gasteiger partial charge is 0.368 e. The highest BCUT2D eigenvalue weighted by atomic mass is 19.3. The van der Waals surface area contributed by atoms with Crippen molar-refractivity contribution in [2.75, 3.05) is 17.6 Å². The first kappa shape index (κ1) is 14.0. The summed E-state index contributed by atoms with van der Waals surface area (Å²) < 4.78 is 50.8. The number of anilines is 2. The average Bonchev–Trinajstić information content (AvgIpc) is 2.89. The molecule has 0 atom stereocenters. The quantitative estimate of drug-likeness (QED) is 0.797. The van der Waals surface area contributed by atoms with Gasteiger partial charge in [-0.2, -0.15) is 28.8 Å². The molecule has 0 aromatic carbocycles. The first-order valence-corrected chi connectivity index (χ1v) is 5.30. The van der Waals surface area contributed by atoms with Crippen molar-refractivity contribution in [3.63, 3.8) is 0 Å². The predicted molar refractivity (Wildman–Crippen MR) is 60.8 cm³/mol. The Balaban J connectivity index is 2.17. The zero-order valence-electron chi connectivity index (χ0n) is 9.84. The topological polar surface area (TPSA) is 94.5 Å². The summed E-state index contributed by atoms with van der Waals surface area (Å²) in [5, 5.41) is 5.81. The molecule has 7 nitrogen and oxygen atoms in total. The minimum absolute atomic E-state index is 0.0228. The number of hydrogen-bond acceptors (Lipinski definition) is 6. The zero-order chi connectivity index (χ0) is 14.8. The normalized spacial score (nSPS) is 11.8. The fourth-order valence-electron chi connectivity index (χ4n) is 1.22. The van der Waals surface area contributed by atoms with Crippen LogP contribution in [0.15, 0.2) is 18.5 Å². The third kappa shape index (κ3) is 3.10.